The lowest BCUT2D eigenvalue weighted by Gasteiger charge is -2.24. The van der Waals surface area contributed by atoms with Crippen molar-refractivity contribution in [2.24, 2.45) is 11.8 Å². The van der Waals surface area contributed by atoms with Gasteiger partial charge in [0.15, 0.2) is 0 Å². The van der Waals surface area contributed by atoms with Gasteiger partial charge < -0.3 is 15.0 Å². The summed E-state index contributed by atoms with van der Waals surface area (Å²) in [5.74, 6) is 1.61. The molecule has 1 amide bonds. The van der Waals surface area contributed by atoms with E-state index in [9.17, 15) is 4.79 Å². The van der Waals surface area contributed by atoms with Crippen LogP contribution in [0.2, 0.25) is 0 Å². The van der Waals surface area contributed by atoms with Crippen molar-refractivity contribution >= 4 is 6.41 Å². The van der Waals surface area contributed by atoms with E-state index in [1.807, 2.05) is 31.2 Å². The van der Waals surface area contributed by atoms with Gasteiger partial charge in [0.25, 0.3) is 0 Å². The lowest BCUT2D eigenvalue weighted by molar-refractivity contribution is -0.116. The predicted molar refractivity (Wildman–Crippen MR) is 137 cm³/mol. The number of hydrogen-bond donors (Lipinski definition) is 1. The van der Waals surface area contributed by atoms with Crippen molar-refractivity contribution in [3.8, 4) is 0 Å². The Labute approximate surface area is 195 Å². The van der Waals surface area contributed by atoms with Gasteiger partial charge in [-0.2, -0.15) is 0 Å². The van der Waals surface area contributed by atoms with Crippen LogP contribution in [0.1, 0.15) is 46.5 Å². The van der Waals surface area contributed by atoms with Crippen LogP contribution in [-0.2, 0) is 9.53 Å². The second-order valence-electron chi connectivity index (χ2n) is 8.07. The zero-order valence-corrected chi connectivity index (χ0v) is 20.4. The summed E-state index contributed by atoms with van der Waals surface area (Å²) in [7, 11) is 1.73. The summed E-state index contributed by atoms with van der Waals surface area (Å²) < 4.78 is 5.53. The molecule has 0 aliphatic heterocycles. The van der Waals surface area contributed by atoms with Crippen LogP contribution in [0.25, 0.3) is 0 Å². The smallest absolute Gasteiger partial charge is 0.214 e. The Kier molecular flexibility index (Phi) is 14.6. The van der Waals surface area contributed by atoms with Crippen molar-refractivity contribution in [3.05, 3.63) is 84.4 Å². The summed E-state index contributed by atoms with van der Waals surface area (Å²) in [6.45, 7) is 12.8. The highest BCUT2D eigenvalue weighted by atomic mass is 16.5. The maximum atomic E-state index is 11.6. The Bertz CT molecular complexity index is 741. The number of methoxy groups -OCH3 is 1. The van der Waals surface area contributed by atoms with Crippen LogP contribution < -0.4 is 5.32 Å². The molecule has 2 unspecified atom stereocenters. The van der Waals surface area contributed by atoms with Gasteiger partial charge in [0.05, 0.1) is 7.11 Å². The minimum Gasteiger partial charge on any atom is -0.500 e. The highest BCUT2D eigenvalue weighted by molar-refractivity contribution is 5.52. The third kappa shape index (κ3) is 11.1. The second kappa shape index (κ2) is 17.0. The van der Waals surface area contributed by atoms with Gasteiger partial charge in [-0.15, -0.1) is 0 Å². The van der Waals surface area contributed by atoms with Gasteiger partial charge in [0.2, 0.25) is 6.41 Å². The molecule has 0 radical (unpaired) electrons. The third-order valence-electron chi connectivity index (χ3n) is 5.55. The molecule has 1 N–H and O–H groups in total. The first-order chi connectivity index (χ1) is 15.5. The average molecular weight is 439 g/mol. The molecule has 0 aromatic carbocycles. The van der Waals surface area contributed by atoms with Crippen molar-refractivity contribution in [2.45, 2.75) is 46.5 Å². The Hall–Kier alpha value is -2.59. The number of rotatable bonds is 14. The number of allylic oxidation sites excluding steroid dienone is 9. The zero-order valence-electron chi connectivity index (χ0n) is 20.4. The fraction of sp³-hybridized carbons (Fsp3) is 0.464. The molecule has 1 rings (SSSR count). The summed E-state index contributed by atoms with van der Waals surface area (Å²) in [6.07, 6.45) is 25.6. The summed E-state index contributed by atoms with van der Waals surface area (Å²) in [4.78, 5) is 13.3. The molecule has 0 heterocycles. The lowest BCUT2D eigenvalue weighted by Crippen LogP contribution is -2.29. The standard InChI is InChI=1S/C28H42N2O2/c1-6-8-9-12-15-25(4)30(23-31)22-26(7-2)18-19-29-21-27-16-13-10-11-14-17-28(32-5)24(3)20-27/h6,8,11-17,20,23-24,26,29H,4,7,9-10,18-19,21-22H2,1-3,5H3/b8-6-,14-11-,15-12?,16-13-,27-20+,28-17+. The topological polar surface area (TPSA) is 41.6 Å². The predicted octanol–water partition coefficient (Wildman–Crippen LogP) is 6.10. The fourth-order valence-corrected chi connectivity index (χ4v) is 3.51. The van der Waals surface area contributed by atoms with E-state index in [0.29, 0.717) is 12.5 Å². The van der Waals surface area contributed by atoms with E-state index >= 15 is 0 Å². The molecule has 0 bridgehead atoms. The van der Waals surface area contributed by atoms with Gasteiger partial charge in [0, 0.05) is 24.7 Å². The minimum atomic E-state index is 0.223. The molecule has 0 aromatic heterocycles. The number of nitrogens with zero attached hydrogens (tertiary/aromatic N) is 1. The van der Waals surface area contributed by atoms with Gasteiger partial charge in [0.1, 0.15) is 5.76 Å². The first kappa shape index (κ1) is 27.4. The van der Waals surface area contributed by atoms with Gasteiger partial charge in [-0.1, -0.05) is 75.5 Å². The Balaban J connectivity index is 2.56. The average Bonchev–Trinajstić information content (AvgIpc) is 2.80. The van der Waals surface area contributed by atoms with Gasteiger partial charge >= 0.3 is 0 Å². The molecule has 4 nitrogen and oxygen atoms in total. The number of amides is 1. The maximum Gasteiger partial charge on any atom is 0.214 e. The first-order valence-corrected chi connectivity index (χ1v) is 11.7. The number of ether oxygens (including phenoxy) is 1. The van der Waals surface area contributed by atoms with Crippen LogP contribution in [0.4, 0.5) is 0 Å². The number of nitrogens with one attached hydrogen (secondary N) is 1. The van der Waals surface area contributed by atoms with Crippen LogP contribution in [0.15, 0.2) is 84.4 Å². The molecule has 0 fully saturated rings. The van der Waals surface area contributed by atoms with Crippen molar-refractivity contribution < 1.29 is 9.53 Å². The van der Waals surface area contributed by atoms with Crippen molar-refractivity contribution in [2.75, 3.05) is 26.7 Å². The summed E-state index contributed by atoms with van der Waals surface area (Å²) >= 11 is 0. The SMILES string of the molecule is C=C(C=CC/C=C\C)N(C=O)CC(CC)CCNCC1=C/C(C)/C(OC)=C\C=C/C/C=C\1. The van der Waals surface area contributed by atoms with Crippen molar-refractivity contribution in [1.29, 1.82) is 0 Å². The van der Waals surface area contributed by atoms with E-state index in [1.165, 1.54) is 5.57 Å². The summed E-state index contributed by atoms with van der Waals surface area (Å²) in [6, 6.07) is 0. The molecule has 32 heavy (non-hydrogen) atoms. The highest BCUT2D eigenvalue weighted by Crippen LogP contribution is 2.17. The van der Waals surface area contributed by atoms with Gasteiger partial charge in [-0.25, -0.2) is 0 Å². The Morgan fingerprint density at radius 3 is 2.88 bits per heavy atom. The molecule has 176 valence electrons. The molecule has 2 atom stereocenters. The first-order valence-electron chi connectivity index (χ1n) is 11.7. The summed E-state index contributed by atoms with van der Waals surface area (Å²) in [5.41, 5.74) is 2.01. The zero-order chi connectivity index (χ0) is 23.6. The summed E-state index contributed by atoms with van der Waals surface area (Å²) in [5, 5.41) is 3.58. The molecule has 0 saturated carbocycles. The van der Waals surface area contributed by atoms with Crippen LogP contribution in [-0.4, -0.2) is 38.1 Å². The molecule has 1 aliphatic rings. The van der Waals surface area contributed by atoms with E-state index in [2.05, 4.69) is 62.2 Å². The van der Waals surface area contributed by atoms with Gasteiger partial charge in [-0.05, 0) is 56.4 Å². The lowest BCUT2D eigenvalue weighted by atomic mass is 10.0. The van der Waals surface area contributed by atoms with E-state index in [-0.39, 0.29) is 5.92 Å². The normalized spacial score (nSPS) is 23.1. The van der Waals surface area contributed by atoms with Crippen LogP contribution in [0, 0.1) is 11.8 Å². The molecule has 0 spiro atoms. The molecular formula is C28H42N2O2. The van der Waals surface area contributed by atoms with Crippen LogP contribution in [0.3, 0.4) is 0 Å². The Morgan fingerprint density at radius 2 is 2.19 bits per heavy atom. The molecule has 0 saturated heterocycles. The number of carbonyl (C=O) groups excluding carboxylic acids is 1. The Morgan fingerprint density at radius 1 is 1.38 bits per heavy atom. The number of carbonyl (C=O) groups is 1. The van der Waals surface area contributed by atoms with Gasteiger partial charge in [-0.3, -0.25) is 4.79 Å². The monoisotopic (exact) mass is 438 g/mol. The van der Waals surface area contributed by atoms with Crippen molar-refractivity contribution in [1.82, 2.24) is 10.2 Å². The highest BCUT2D eigenvalue weighted by Gasteiger charge is 2.13. The molecular weight excluding hydrogens is 396 g/mol. The largest absolute Gasteiger partial charge is 0.500 e. The molecule has 0 aromatic rings. The third-order valence-corrected chi connectivity index (χ3v) is 5.55. The molecule has 4 heteroatoms. The van der Waals surface area contributed by atoms with Crippen molar-refractivity contribution in [3.63, 3.8) is 0 Å². The number of hydrogen-bond acceptors (Lipinski definition) is 3. The van der Waals surface area contributed by atoms with Crippen LogP contribution in [0.5, 0.6) is 0 Å². The fourth-order valence-electron chi connectivity index (χ4n) is 3.51. The molecule has 1 aliphatic carbocycles. The van der Waals surface area contributed by atoms with E-state index < -0.39 is 0 Å². The quantitative estimate of drug-likeness (QED) is 0.154. The second-order valence-corrected chi connectivity index (χ2v) is 8.07. The minimum absolute atomic E-state index is 0.223. The van der Waals surface area contributed by atoms with E-state index in [1.54, 1.807) is 12.0 Å². The van der Waals surface area contributed by atoms with E-state index in [0.717, 1.165) is 56.6 Å². The van der Waals surface area contributed by atoms with E-state index in [4.69, 9.17) is 4.74 Å². The maximum absolute atomic E-state index is 11.6. The van der Waals surface area contributed by atoms with Crippen LogP contribution >= 0.6 is 0 Å².